The van der Waals surface area contributed by atoms with Crippen LogP contribution in [-0.4, -0.2) is 57.9 Å². The molecule has 0 radical (unpaired) electrons. The van der Waals surface area contributed by atoms with E-state index in [1.807, 2.05) is 13.8 Å². The first-order valence-corrected chi connectivity index (χ1v) is 8.65. The smallest absolute Gasteiger partial charge is 0.329 e. The highest BCUT2D eigenvalue weighted by atomic mass is 16.4. The molecule has 0 aromatic rings. The zero-order valence-corrected chi connectivity index (χ0v) is 14.4. The standard InChI is InChI=1S/C17H28N2O4/c1-4-12(2)14(20)18-9-5-7-13(11-18)15(21)19-10-6-8-17(19,3)16(22)23/h12-13H,4-11H2,1-3H3,(H,22,23). The van der Waals surface area contributed by atoms with E-state index in [-0.39, 0.29) is 23.7 Å². The number of likely N-dealkylation sites (tertiary alicyclic amines) is 2. The van der Waals surface area contributed by atoms with Crippen molar-refractivity contribution >= 4 is 17.8 Å². The van der Waals surface area contributed by atoms with Gasteiger partial charge in [0.25, 0.3) is 0 Å². The first kappa shape index (κ1) is 17.8. The summed E-state index contributed by atoms with van der Waals surface area (Å²) in [7, 11) is 0. The Morgan fingerprint density at radius 2 is 1.96 bits per heavy atom. The minimum Gasteiger partial charge on any atom is -0.480 e. The van der Waals surface area contributed by atoms with Crippen LogP contribution in [0.15, 0.2) is 0 Å². The molecule has 0 saturated carbocycles. The van der Waals surface area contributed by atoms with Crippen molar-refractivity contribution in [2.45, 2.75) is 58.4 Å². The molecule has 2 aliphatic rings. The van der Waals surface area contributed by atoms with Gasteiger partial charge >= 0.3 is 5.97 Å². The SMILES string of the molecule is CCC(C)C(=O)N1CCCC(C(=O)N2CCCC2(C)C(=O)O)C1. The Morgan fingerprint density at radius 1 is 1.26 bits per heavy atom. The number of carbonyl (C=O) groups excluding carboxylic acids is 2. The number of hydrogen-bond donors (Lipinski definition) is 1. The minimum absolute atomic E-state index is 0.0278. The maximum absolute atomic E-state index is 12.9. The molecule has 1 N–H and O–H groups in total. The number of piperidine rings is 1. The average molecular weight is 324 g/mol. The molecule has 6 nitrogen and oxygen atoms in total. The molecule has 0 spiro atoms. The predicted molar refractivity (Wildman–Crippen MR) is 85.7 cm³/mol. The molecule has 23 heavy (non-hydrogen) atoms. The summed E-state index contributed by atoms with van der Waals surface area (Å²) >= 11 is 0. The molecular weight excluding hydrogens is 296 g/mol. The topological polar surface area (TPSA) is 77.9 Å². The molecule has 0 bridgehead atoms. The van der Waals surface area contributed by atoms with Gasteiger partial charge in [0.15, 0.2) is 0 Å². The zero-order valence-electron chi connectivity index (χ0n) is 14.4. The van der Waals surface area contributed by atoms with Gasteiger partial charge in [0.05, 0.1) is 5.92 Å². The summed E-state index contributed by atoms with van der Waals surface area (Å²) in [6.07, 6.45) is 3.54. The number of carboxylic acids is 1. The molecule has 0 aromatic carbocycles. The van der Waals surface area contributed by atoms with Crippen molar-refractivity contribution in [2.75, 3.05) is 19.6 Å². The van der Waals surface area contributed by atoms with Gasteiger partial charge < -0.3 is 14.9 Å². The molecule has 2 fully saturated rings. The van der Waals surface area contributed by atoms with Crippen molar-refractivity contribution in [3.05, 3.63) is 0 Å². The Morgan fingerprint density at radius 3 is 2.57 bits per heavy atom. The van der Waals surface area contributed by atoms with Crippen LogP contribution < -0.4 is 0 Å². The lowest BCUT2D eigenvalue weighted by Gasteiger charge is -2.38. The van der Waals surface area contributed by atoms with E-state index < -0.39 is 11.5 Å². The van der Waals surface area contributed by atoms with Gasteiger partial charge in [-0.05, 0) is 39.0 Å². The summed E-state index contributed by atoms with van der Waals surface area (Å²) in [5.41, 5.74) is -1.10. The second-order valence-electron chi connectivity index (χ2n) is 7.11. The van der Waals surface area contributed by atoms with Crippen LogP contribution in [0, 0.1) is 11.8 Å². The van der Waals surface area contributed by atoms with Gasteiger partial charge in [-0.15, -0.1) is 0 Å². The van der Waals surface area contributed by atoms with E-state index in [2.05, 4.69) is 0 Å². The van der Waals surface area contributed by atoms with Crippen LogP contribution in [0.1, 0.15) is 52.9 Å². The van der Waals surface area contributed by atoms with Crippen molar-refractivity contribution in [1.29, 1.82) is 0 Å². The van der Waals surface area contributed by atoms with E-state index in [9.17, 15) is 19.5 Å². The Bertz CT molecular complexity index is 493. The Balaban J connectivity index is 2.08. The first-order chi connectivity index (χ1) is 10.8. The summed E-state index contributed by atoms with van der Waals surface area (Å²) in [6.45, 7) is 7.15. The predicted octanol–water partition coefficient (Wildman–Crippen LogP) is 1.74. The fourth-order valence-corrected chi connectivity index (χ4v) is 3.62. The lowest BCUT2D eigenvalue weighted by Crippen LogP contribution is -2.55. The van der Waals surface area contributed by atoms with Crippen molar-refractivity contribution in [3.63, 3.8) is 0 Å². The molecule has 2 rings (SSSR count). The molecule has 0 aliphatic carbocycles. The third-order valence-corrected chi connectivity index (χ3v) is 5.48. The number of rotatable bonds is 4. The number of nitrogens with zero attached hydrogens (tertiary/aromatic N) is 2. The quantitative estimate of drug-likeness (QED) is 0.854. The van der Waals surface area contributed by atoms with Gasteiger partial charge in [-0.3, -0.25) is 9.59 Å². The summed E-state index contributed by atoms with van der Waals surface area (Å²) < 4.78 is 0. The fraction of sp³-hybridized carbons (Fsp3) is 0.824. The van der Waals surface area contributed by atoms with Gasteiger partial charge in [0.2, 0.25) is 11.8 Å². The third kappa shape index (κ3) is 3.35. The van der Waals surface area contributed by atoms with Crippen molar-refractivity contribution < 1.29 is 19.5 Å². The van der Waals surface area contributed by atoms with Crippen molar-refractivity contribution in [1.82, 2.24) is 9.80 Å². The number of hydrogen-bond acceptors (Lipinski definition) is 3. The van der Waals surface area contributed by atoms with Gasteiger partial charge in [-0.1, -0.05) is 13.8 Å². The molecule has 3 unspecified atom stereocenters. The molecule has 130 valence electrons. The largest absolute Gasteiger partial charge is 0.480 e. The molecule has 2 saturated heterocycles. The molecule has 0 aromatic heterocycles. The molecule has 2 amide bonds. The maximum Gasteiger partial charge on any atom is 0.329 e. The average Bonchev–Trinajstić information content (AvgIpc) is 2.96. The van der Waals surface area contributed by atoms with E-state index in [0.717, 1.165) is 25.7 Å². The maximum atomic E-state index is 12.9. The van der Waals surface area contributed by atoms with Crippen LogP contribution in [-0.2, 0) is 14.4 Å². The summed E-state index contributed by atoms with van der Waals surface area (Å²) in [5.74, 6) is -1.23. The fourth-order valence-electron chi connectivity index (χ4n) is 3.62. The van der Waals surface area contributed by atoms with Crippen LogP contribution in [0.5, 0.6) is 0 Å². The third-order valence-electron chi connectivity index (χ3n) is 5.48. The van der Waals surface area contributed by atoms with Crippen LogP contribution in [0.2, 0.25) is 0 Å². The Labute approximate surface area is 137 Å². The molecule has 6 heteroatoms. The van der Waals surface area contributed by atoms with Crippen LogP contribution >= 0.6 is 0 Å². The van der Waals surface area contributed by atoms with Crippen molar-refractivity contribution in [3.8, 4) is 0 Å². The molecular formula is C17H28N2O4. The van der Waals surface area contributed by atoms with Gasteiger partial charge in [0.1, 0.15) is 5.54 Å². The summed E-state index contributed by atoms with van der Waals surface area (Å²) in [4.78, 5) is 40.1. The second-order valence-corrected chi connectivity index (χ2v) is 7.11. The van der Waals surface area contributed by atoms with Crippen molar-refractivity contribution in [2.24, 2.45) is 11.8 Å². The number of amides is 2. The normalized spacial score (nSPS) is 29.4. The van der Waals surface area contributed by atoms with Crippen LogP contribution in [0.4, 0.5) is 0 Å². The zero-order chi connectivity index (χ0) is 17.2. The molecule has 2 aliphatic heterocycles. The summed E-state index contributed by atoms with van der Waals surface area (Å²) in [6, 6.07) is 0. The minimum atomic E-state index is -1.10. The van der Waals surface area contributed by atoms with E-state index in [1.54, 1.807) is 11.8 Å². The monoisotopic (exact) mass is 324 g/mol. The number of carboxylic acid groups (broad SMARTS) is 1. The van der Waals surface area contributed by atoms with E-state index in [1.165, 1.54) is 4.90 Å². The summed E-state index contributed by atoms with van der Waals surface area (Å²) in [5, 5.41) is 9.48. The Kier molecular flexibility index (Phi) is 5.32. The van der Waals surface area contributed by atoms with E-state index in [0.29, 0.717) is 26.1 Å². The highest BCUT2D eigenvalue weighted by molar-refractivity contribution is 5.89. The van der Waals surface area contributed by atoms with Crippen LogP contribution in [0.25, 0.3) is 0 Å². The molecule has 2 heterocycles. The Hall–Kier alpha value is -1.59. The number of carbonyl (C=O) groups is 3. The van der Waals surface area contributed by atoms with E-state index >= 15 is 0 Å². The van der Waals surface area contributed by atoms with Gasteiger partial charge in [-0.25, -0.2) is 4.79 Å². The highest BCUT2D eigenvalue weighted by Crippen LogP contribution is 2.32. The first-order valence-electron chi connectivity index (χ1n) is 8.65. The van der Waals surface area contributed by atoms with Gasteiger partial charge in [-0.2, -0.15) is 0 Å². The lowest BCUT2D eigenvalue weighted by atomic mass is 9.92. The van der Waals surface area contributed by atoms with Gasteiger partial charge in [0, 0.05) is 25.6 Å². The number of aliphatic carboxylic acids is 1. The lowest BCUT2D eigenvalue weighted by molar-refractivity contribution is -0.158. The highest BCUT2D eigenvalue weighted by Gasteiger charge is 2.47. The molecule has 3 atom stereocenters. The van der Waals surface area contributed by atoms with Crippen LogP contribution in [0.3, 0.4) is 0 Å². The second kappa shape index (κ2) is 6.89. The van der Waals surface area contributed by atoms with E-state index in [4.69, 9.17) is 0 Å².